The third-order valence-electron chi connectivity index (χ3n) is 4.16. The van der Waals surface area contributed by atoms with E-state index in [2.05, 4.69) is 0 Å². The summed E-state index contributed by atoms with van der Waals surface area (Å²) in [4.78, 5) is 13.6. The van der Waals surface area contributed by atoms with Gasteiger partial charge in [0.05, 0.1) is 25.8 Å². The number of hydrogen-bond donors (Lipinski definition) is 1. The minimum Gasteiger partial charge on any atom is -0.497 e. The zero-order valence-corrected chi connectivity index (χ0v) is 12.7. The third-order valence-corrected chi connectivity index (χ3v) is 4.16. The van der Waals surface area contributed by atoms with Gasteiger partial charge >= 0.3 is 0 Å². The number of nitrogens with two attached hydrogens (primary N) is 1. The molecule has 0 unspecified atom stereocenters. The summed E-state index contributed by atoms with van der Waals surface area (Å²) >= 11 is 0. The number of carbonyl (C=O) groups is 1. The van der Waals surface area contributed by atoms with Crippen LogP contribution in [0, 0.1) is 0 Å². The summed E-state index contributed by atoms with van der Waals surface area (Å²) in [6.07, 6.45) is 0.654. The molecule has 0 aliphatic carbocycles. The highest BCUT2D eigenvalue weighted by atomic mass is 16.5. The zero-order chi connectivity index (χ0) is 15.7. The second-order valence-electron chi connectivity index (χ2n) is 5.56. The summed E-state index contributed by atoms with van der Waals surface area (Å²) in [7, 11) is 3.29. The van der Waals surface area contributed by atoms with Crippen LogP contribution in [0.25, 0.3) is 11.0 Å². The number of ether oxygens (including phenoxy) is 2. The predicted molar refractivity (Wildman–Crippen MR) is 81.6 cm³/mol. The molecule has 2 aromatic rings. The number of furan rings is 1. The average Bonchev–Trinajstić information content (AvgIpc) is 3.09. The van der Waals surface area contributed by atoms with Gasteiger partial charge in [0.2, 0.25) is 5.91 Å². The lowest BCUT2D eigenvalue weighted by molar-refractivity contribution is -0.122. The van der Waals surface area contributed by atoms with E-state index in [1.54, 1.807) is 14.2 Å². The highest BCUT2D eigenvalue weighted by Crippen LogP contribution is 2.27. The Kier molecular flexibility index (Phi) is 4.04. The van der Waals surface area contributed by atoms with E-state index in [0.717, 1.165) is 22.5 Å². The lowest BCUT2D eigenvalue weighted by atomic mass is 10.2. The van der Waals surface area contributed by atoms with Crippen LogP contribution in [0.1, 0.15) is 12.2 Å². The maximum atomic E-state index is 11.6. The first kappa shape index (κ1) is 14.9. The molecule has 1 aliphatic rings. The van der Waals surface area contributed by atoms with Crippen molar-refractivity contribution < 1.29 is 18.7 Å². The highest BCUT2D eigenvalue weighted by molar-refractivity contribution is 5.81. The van der Waals surface area contributed by atoms with Gasteiger partial charge in [0.25, 0.3) is 0 Å². The minimum absolute atomic E-state index is 0.0296. The molecule has 2 atom stereocenters. The summed E-state index contributed by atoms with van der Waals surface area (Å²) < 4.78 is 16.4. The molecule has 2 heterocycles. The number of benzene rings is 1. The zero-order valence-electron chi connectivity index (χ0n) is 12.7. The number of hydrogen-bond acceptors (Lipinski definition) is 5. The Morgan fingerprint density at radius 2 is 2.23 bits per heavy atom. The molecule has 0 saturated carbocycles. The van der Waals surface area contributed by atoms with Crippen LogP contribution in [0.5, 0.6) is 5.75 Å². The Hall–Kier alpha value is -2.05. The van der Waals surface area contributed by atoms with Crippen molar-refractivity contribution in [1.82, 2.24) is 4.90 Å². The Morgan fingerprint density at radius 3 is 2.91 bits per heavy atom. The monoisotopic (exact) mass is 304 g/mol. The molecule has 6 nitrogen and oxygen atoms in total. The Labute approximate surface area is 128 Å². The van der Waals surface area contributed by atoms with Crippen LogP contribution in [0.15, 0.2) is 28.7 Å². The lowest BCUT2D eigenvalue weighted by Gasteiger charge is -2.19. The van der Waals surface area contributed by atoms with Gasteiger partial charge in [-0.3, -0.25) is 9.69 Å². The predicted octanol–water partition coefficient (Wildman–Crippen LogP) is 1.52. The summed E-state index contributed by atoms with van der Waals surface area (Å²) in [5.74, 6) is 1.26. The maximum Gasteiger partial charge on any atom is 0.234 e. The molecule has 0 radical (unpaired) electrons. The van der Waals surface area contributed by atoms with E-state index < -0.39 is 0 Å². The van der Waals surface area contributed by atoms with Gasteiger partial charge in [0, 0.05) is 19.0 Å². The van der Waals surface area contributed by atoms with Crippen LogP contribution in [-0.4, -0.2) is 43.7 Å². The van der Waals surface area contributed by atoms with Crippen LogP contribution < -0.4 is 10.5 Å². The molecule has 1 aromatic carbocycles. The number of methoxy groups -OCH3 is 2. The molecule has 2 N–H and O–H groups in total. The van der Waals surface area contributed by atoms with Crippen molar-refractivity contribution in [2.75, 3.05) is 20.8 Å². The van der Waals surface area contributed by atoms with Crippen LogP contribution >= 0.6 is 0 Å². The molecule has 22 heavy (non-hydrogen) atoms. The topological polar surface area (TPSA) is 77.9 Å². The maximum absolute atomic E-state index is 11.6. The molecule has 1 fully saturated rings. The Balaban J connectivity index is 1.81. The summed E-state index contributed by atoms with van der Waals surface area (Å²) in [5, 5.41) is 0.979. The van der Waals surface area contributed by atoms with Crippen LogP contribution in [0.3, 0.4) is 0 Å². The van der Waals surface area contributed by atoms with E-state index in [0.29, 0.717) is 19.5 Å². The largest absolute Gasteiger partial charge is 0.497 e. The van der Waals surface area contributed by atoms with Crippen LogP contribution in [0.4, 0.5) is 0 Å². The van der Waals surface area contributed by atoms with E-state index >= 15 is 0 Å². The second-order valence-corrected chi connectivity index (χ2v) is 5.56. The number of fused-ring (bicyclic) bond motifs is 1. The summed E-state index contributed by atoms with van der Waals surface area (Å²) in [5.41, 5.74) is 6.29. The molecule has 3 rings (SSSR count). The number of likely N-dealkylation sites (tertiary alicyclic amines) is 1. The number of nitrogens with zero attached hydrogens (tertiary/aromatic N) is 1. The fourth-order valence-corrected chi connectivity index (χ4v) is 2.98. The fraction of sp³-hybridized carbons (Fsp3) is 0.438. The molecule has 6 heteroatoms. The van der Waals surface area contributed by atoms with E-state index in [-0.39, 0.29) is 18.1 Å². The molecule has 0 bridgehead atoms. The Morgan fingerprint density at radius 1 is 1.41 bits per heavy atom. The molecule has 1 amide bonds. The van der Waals surface area contributed by atoms with Crippen molar-refractivity contribution in [3.63, 3.8) is 0 Å². The number of carbonyl (C=O) groups excluding carboxylic acids is 1. The quantitative estimate of drug-likeness (QED) is 0.906. The lowest BCUT2D eigenvalue weighted by Crippen LogP contribution is -2.39. The molecule has 0 spiro atoms. The molecule has 118 valence electrons. The first-order valence-electron chi connectivity index (χ1n) is 7.23. The normalized spacial score (nSPS) is 22.3. The average molecular weight is 304 g/mol. The smallest absolute Gasteiger partial charge is 0.234 e. The molecule has 1 saturated heterocycles. The van der Waals surface area contributed by atoms with Gasteiger partial charge in [-0.05, 0) is 30.7 Å². The van der Waals surface area contributed by atoms with Crippen molar-refractivity contribution in [3.8, 4) is 5.75 Å². The minimum atomic E-state index is -0.322. The second kappa shape index (κ2) is 5.98. The Bertz CT molecular complexity index is 682. The van der Waals surface area contributed by atoms with Crippen molar-refractivity contribution in [3.05, 3.63) is 30.0 Å². The highest BCUT2D eigenvalue weighted by Gasteiger charge is 2.36. The van der Waals surface area contributed by atoms with E-state index in [4.69, 9.17) is 19.6 Å². The van der Waals surface area contributed by atoms with Gasteiger partial charge < -0.3 is 19.6 Å². The van der Waals surface area contributed by atoms with Gasteiger partial charge in [-0.15, -0.1) is 0 Å². The number of rotatable bonds is 5. The molecule has 1 aliphatic heterocycles. The number of amides is 1. The van der Waals surface area contributed by atoms with Gasteiger partial charge in [0.1, 0.15) is 17.1 Å². The standard InChI is InChI=1S/C16H20N2O4/c1-20-11-3-4-15-10(5-11)6-13(22-15)9-18-8-12(21-2)7-14(18)16(17)19/h3-6,12,14H,7-9H2,1-2H3,(H2,17,19)/t12-,14-/m0/s1. The van der Waals surface area contributed by atoms with E-state index in [9.17, 15) is 4.79 Å². The molecular weight excluding hydrogens is 284 g/mol. The van der Waals surface area contributed by atoms with Gasteiger partial charge in [-0.2, -0.15) is 0 Å². The fourth-order valence-electron chi connectivity index (χ4n) is 2.98. The van der Waals surface area contributed by atoms with Gasteiger partial charge in [0.15, 0.2) is 0 Å². The molecule has 1 aromatic heterocycles. The summed E-state index contributed by atoms with van der Waals surface area (Å²) in [6, 6.07) is 7.32. The van der Waals surface area contributed by atoms with Crippen molar-refractivity contribution in [2.24, 2.45) is 5.73 Å². The first-order chi connectivity index (χ1) is 10.6. The van der Waals surface area contributed by atoms with Crippen molar-refractivity contribution in [2.45, 2.75) is 25.1 Å². The van der Waals surface area contributed by atoms with Gasteiger partial charge in [-0.1, -0.05) is 0 Å². The van der Waals surface area contributed by atoms with Gasteiger partial charge in [-0.25, -0.2) is 0 Å². The van der Waals surface area contributed by atoms with Crippen LogP contribution in [-0.2, 0) is 16.1 Å². The summed E-state index contributed by atoms with van der Waals surface area (Å²) in [6.45, 7) is 1.20. The van der Waals surface area contributed by atoms with E-state index in [1.807, 2.05) is 29.2 Å². The molecular formula is C16H20N2O4. The first-order valence-corrected chi connectivity index (χ1v) is 7.23. The number of primary amides is 1. The van der Waals surface area contributed by atoms with Crippen molar-refractivity contribution >= 4 is 16.9 Å². The van der Waals surface area contributed by atoms with E-state index in [1.165, 1.54) is 0 Å². The third kappa shape index (κ3) is 2.80. The van der Waals surface area contributed by atoms with Crippen LogP contribution in [0.2, 0.25) is 0 Å². The van der Waals surface area contributed by atoms with Crippen molar-refractivity contribution in [1.29, 1.82) is 0 Å². The SMILES string of the molecule is COc1ccc2oc(CN3C[C@@H](OC)C[C@H]3C(N)=O)cc2c1.